The van der Waals surface area contributed by atoms with Crippen LogP contribution in [0.1, 0.15) is 6.92 Å². The molecule has 1 fully saturated rings. The van der Waals surface area contributed by atoms with Crippen LogP contribution in [0.4, 0.5) is 0 Å². The molecule has 0 N–H and O–H groups in total. The molecule has 0 radical (unpaired) electrons. The van der Waals surface area contributed by atoms with Gasteiger partial charge in [0.15, 0.2) is 5.17 Å². The minimum atomic E-state index is -0.454. The number of aromatic nitrogens is 3. The van der Waals surface area contributed by atoms with E-state index >= 15 is 0 Å². The summed E-state index contributed by atoms with van der Waals surface area (Å²) in [5, 5.41) is 11.8. The highest BCUT2D eigenvalue weighted by Crippen LogP contribution is 2.19. The highest BCUT2D eigenvalue weighted by atomic mass is 32.2. The first kappa shape index (κ1) is 12.6. The number of esters is 1. The molecule has 0 spiro atoms. The molecule has 1 aliphatic heterocycles. The lowest BCUT2D eigenvalue weighted by Crippen LogP contribution is -2.35. The van der Waals surface area contributed by atoms with Crippen molar-refractivity contribution in [2.75, 3.05) is 18.9 Å². The average Bonchev–Trinajstić information content (AvgIpc) is 2.94. The summed E-state index contributed by atoms with van der Waals surface area (Å²) in [5.74, 6) is -0.356. The third-order valence-corrected chi connectivity index (χ3v) is 3.01. The highest BCUT2D eigenvalue weighted by molar-refractivity contribution is 8.15. The van der Waals surface area contributed by atoms with Crippen molar-refractivity contribution < 1.29 is 14.3 Å². The van der Waals surface area contributed by atoms with Gasteiger partial charge in [0, 0.05) is 0 Å². The Hall–Kier alpha value is -1.90. The Morgan fingerprint density at radius 2 is 2.28 bits per heavy atom. The molecule has 1 saturated heterocycles. The van der Waals surface area contributed by atoms with E-state index in [9.17, 15) is 9.59 Å². The second-order valence-electron chi connectivity index (χ2n) is 3.30. The van der Waals surface area contributed by atoms with E-state index in [2.05, 4.69) is 15.3 Å². The zero-order valence-corrected chi connectivity index (χ0v) is 10.5. The molecule has 0 unspecified atom stereocenters. The third-order valence-electron chi connectivity index (χ3n) is 2.06. The predicted molar refractivity (Wildman–Crippen MR) is 63.7 cm³/mol. The van der Waals surface area contributed by atoms with Gasteiger partial charge < -0.3 is 4.74 Å². The van der Waals surface area contributed by atoms with Crippen molar-refractivity contribution in [1.82, 2.24) is 19.8 Å². The first-order chi connectivity index (χ1) is 8.70. The molecule has 0 saturated carbocycles. The first-order valence-corrected chi connectivity index (χ1v) is 6.21. The molecular weight excluding hydrogens is 258 g/mol. The van der Waals surface area contributed by atoms with Crippen molar-refractivity contribution in [2.24, 2.45) is 5.10 Å². The molecule has 8 nitrogen and oxygen atoms in total. The number of nitrogens with zero attached hydrogens (tertiary/aromatic N) is 5. The molecule has 1 amide bonds. The van der Waals surface area contributed by atoms with Crippen LogP contribution in [0, 0.1) is 0 Å². The number of hydrogen-bond acceptors (Lipinski definition) is 7. The van der Waals surface area contributed by atoms with Crippen LogP contribution in [0.25, 0.3) is 0 Å². The number of thioether (sulfide) groups is 1. The Morgan fingerprint density at radius 1 is 1.56 bits per heavy atom. The van der Waals surface area contributed by atoms with Crippen LogP contribution >= 0.6 is 11.8 Å². The fourth-order valence-corrected chi connectivity index (χ4v) is 2.19. The van der Waals surface area contributed by atoms with Crippen LogP contribution in [0.5, 0.6) is 0 Å². The van der Waals surface area contributed by atoms with Crippen LogP contribution < -0.4 is 0 Å². The smallest absolute Gasteiger partial charge is 0.326 e. The van der Waals surface area contributed by atoms with Gasteiger partial charge in [0.1, 0.15) is 19.2 Å². The van der Waals surface area contributed by atoms with E-state index < -0.39 is 5.97 Å². The molecule has 1 aromatic heterocycles. The maximum Gasteiger partial charge on any atom is 0.326 e. The van der Waals surface area contributed by atoms with Gasteiger partial charge in [-0.15, -0.1) is 15.3 Å². The van der Waals surface area contributed by atoms with Crippen molar-refractivity contribution in [1.29, 1.82) is 0 Å². The molecular formula is C9H11N5O3S. The molecule has 18 heavy (non-hydrogen) atoms. The van der Waals surface area contributed by atoms with E-state index in [0.29, 0.717) is 5.17 Å². The quantitative estimate of drug-likeness (QED) is 0.687. The fourth-order valence-electron chi connectivity index (χ4n) is 1.31. The van der Waals surface area contributed by atoms with Gasteiger partial charge in [-0.2, -0.15) is 0 Å². The Labute approximate surface area is 107 Å². The minimum Gasteiger partial charge on any atom is -0.465 e. The molecule has 2 heterocycles. The predicted octanol–water partition coefficient (Wildman–Crippen LogP) is -0.464. The first-order valence-electron chi connectivity index (χ1n) is 5.23. The number of carbonyl (C=O) groups is 2. The maximum absolute atomic E-state index is 11.6. The van der Waals surface area contributed by atoms with E-state index in [1.807, 2.05) is 0 Å². The topological polar surface area (TPSA) is 89.7 Å². The van der Waals surface area contributed by atoms with E-state index in [0.717, 1.165) is 0 Å². The molecule has 2 rings (SSSR count). The van der Waals surface area contributed by atoms with E-state index in [4.69, 9.17) is 4.74 Å². The third kappa shape index (κ3) is 2.86. The summed E-state index contributed by atoms with van der Waals surface area (Å²) in [7, 11) is 0. The van der Waals surface area contributed by atoms with E-state index in [1.54, 1.807) is 6.92 Å². The van der Waals surface area contributed by atoms with Gasteiger partial charge in [0.2, 0.25) is 5.91 Å². The maximum atomic E-state index is 11.6. The second kappa shape index (κ2) is 5.63. The van der Waals surface area contributed by atoms with Gasteiger partial charge in [-0.05, 0) is 6.92 Å². The SMILES string of the molecule is CCOC(=O)CN1C(=O)CS/C1=N/n1cnnc1. The van der Waals surface area contributed by atoms with Crippen LogP contribution in [-0.2, 0) is 14.3 Å². The van der Waals surface area contributed by atoms with Crippen molar-refractivity contribution in [2.45, 2.75) is 6.92 Å². The highest BCUT2D eigenvalue weighted by Gasteiger charge is 2.30. The number of amidine groups is 1. The van der Waals surface area contributed by atoms with Gasteiger partial charge in [0.25, 0.3) is 0 Å². The molecule has 0 bridgehead atoms. The lowest BCUT2D eigenvalue weighted by Gasteiger charge is -2.14. The molecule has 0 aromatic carbocycles. The molecule has 9 heteroatoms. The van der Waals surface area contributed by atoms with Gasteiger partial charge in [0.05, 0.1) is 12.4 Å². The van der Waals surface area contributed by atoms with Gasteiger partial charge in [-0.3, -0.25) is 14.5 Å². The summed E-state index contributed by atoms with van der Waals surface area (Å²) in [4.78, 5) is 24.3. The standard InChI is InChI=1S/C9H11N5O3S/c1-2-17-8(16)3-14-7(15)4-18-9(14)12-13-5-10-11-6-13/h5-6H,2-4H2,1H3/b12-9+. The summed E-state index contributed by atoms with van der Waals surface area (Å²) >= 11 is 1.26. The van der Waals surface area contributed by atoms with Crippen molar-refractivity contribution >= 4 is 28.8 Å². The summed E-state index contributed by atoms with van der Waals surface area (Å²) in [6.07, 6.45) is 2.80. The largest absolute Gasteiger partial charge is 0.465 e. The summed E-state index contributed by atoms with van der Waals surface area (Å²) in [5.41, 5.74) is 0. The lowest BCUT2D eigenvalue weighted by molar-refractivity contribution is -0.145. The van der Waals surface area contributed by atoms with E-state index in [-0.39, 0.29) is 24.8 Å². The summed E-state index contributed by atoms with van der Waals surface area (Å²) in [6.45, 7) is 1.87. The van der Waals surface area contributed by atoms with Crippen molar-refractivity contribution in [3.63, 3.8) is 0 Å². The zero-order chi connectivity index (χ0) is 13.0. The second-order valence-corrected chi connectivity index (χ2v) is 4.24. The number of ether oxygens (including phenoxy) is 1. The van der Waals surface area contributed by atoms with Crippen LogP contribution in [0.3, 0.4) is 0 Å². The van der Waals surface area contributed by atoms with Gasteiger partial charge in [-0.1, -0.05) is 11.8 Å². The number of amides is 1. The Morgan fingerprint density at radius 3 is 2.94 bits per heavy atom. The van der Waals surface area contributed by atoms with Crippen LogP contribution in [0.15, 0.2) is 17.8 Å². The van der Waals surface area contributed by atoms with Gasteiger partial charge >= 0.3 is 5.97 Å². The summed E-state index contributed by atoms with van der Waals surface area (Å²) in [6, 6.07) is 0. The number of hydrogen-bond donors (Lipinski definition) is 0. The normalized spacial score (nSPS) is 17.5. The lowest BCUT2D eigenvalue weighted by atomic mass is 10.5. The molecule has 0 aliphatic carbocycles. The number of rotatable bonds is 4. The molecule has 96 valence electrons. The molecule has 1 aliphatic rings. The molecule has 1 aromatic rings. The van der Waals surface area contributed by atoms with Crippen LogP contribution in [-0.4, -0.2) is 55.7 Å². The van der Waals surface area contributed by atoms with Gasteiger partial charge in [-0.25, -0.2) is 4.68 Å². The molecule has 0 atom stereocenters. The number of carbonyl (C=O) groups excluding carboxylic acids is 2. The Balaban J connectivity index is 2.10. The summed E-state index contributed by atoms with van der Waals surface area (Å²) < 4.78 is 6.18. The van der Waals surface area contributed by atoms with Crippen molar-refractivity contribution in [3.05, 3.63) is 12.7 Å². The minimum absolute atomic E-state index is 0.124. The zero-order valence-electron chi connectivity index (χ0n) is 9.65. The monoisotopic (exact) mass is 269 g/mol. The van der Waals surface area contributed by atoms with Crippen LogP contribution in [0.2, 0.25) is 0 Å². The average molecular weight is 269 g/mol. The van der Waals surface area contributed by atoms with Crippen molar-refractivity contribution in [3.8, 4) is 0 Å². The fraction of sp³-hybridized carbons (Fsp3) is 0.444. The van der Waals surface area contributed by atoms with E-state index in [1.165, 1.54) is 34.0 Å². The Kier molecular flexibility index (Phi) is 3.92. The Bertz CT molecular complexity index is 473.